The average molecular weight is 324 g/mol. The van der Waals surface area contributed by atoms with E-state index >= 15 is 0 Å². The zero-order chi connectivity index (χ0) is 17.2. The molecule has 0 aliphatic heterocycles. The van der Waals surface area contributed by atoms with Crippen molar-refractivity contribution < 1.29 is 19.8 Å². The van der Waals surface area contributed by atoms with Crippen molar-refractivity contribution in [2.75, 3.05) is 0 Å². The van der Waals surface area contributed by atoms with Gasteiger partial charge in [0.25, 0.3) is 0 Å². The van der Waals surface area contributed by atoms with Crippen LogP contribution >= 0.6 is 0 Å². The highest BCUT2D eigenvalue weighted by atomic mass is 16.4. The van der Waals surface area contributed by atoms with Gasteiger partial charge in [0.15, 0.2) is 0 Å². The normalized spacial score (nSPS) is 26.7. The van der Waals surface area contributed by atoms with Gasteiger partial charge in [-0.25, -0.2) is 0 Å². The maximum atomic E-state index is 12.0. The van der Waals surface area contributed by atoms with E-state index in [9.17, 15) is 19.8 Å². The molecular formula is C20H20O4. The molecule has 24 heavy (non-hydrogen) atoms. The number of hydrogen-bond donors (Lipinski definition) is 2. The molecule has 1 fully saturated rings. The Morgan fingerprint density at radius 1 is 0.625 bits per heavy atom. The average Bonchev–Trinajstić information content (AvgIpc) is 2.63. The van der Waals surface area contributed by atoms with Crippen LogP contribution in [0.15, 0.2) is 60.7 Å². The van der Waals surface area contributed by atoms with Gasteiger partial charge in [-0.2, -0.15) is 0 Å². The van der Waals surface area contributed by atoms with Crippen molar-refractivity contribution in [3.05, 3.63) is 71.8 Å². The van der Waals surface area contributed by atoms with Crippen molar-refractivity contribution >= 4 is 11.9 Å². The van der Waals surface area contributed by atoms with Crippen molar-refractivity contribution in [3.8, 4) is 0 Å². The summed E-state index contributed by atoms with van der Waals surface area (Å²) in [6.45, 7) is 0. The maximum Gasteiger partial charge on any atom is 0.314 e. The number of carboxylic acids is 2. The third kappa shape index (κ3) is 2.48. The second-order valence-electron chi connectivity index (χ2n) is 6.51. The molecular weight excluding hydrogens is 304 g/mol. The summed E-state index contributed by atoms with van der Waals surface area (Å²) in [5, 5.41) is 19.7. The first-order chi connectivity index (χ1) is 11.5. The SMILES string of the molecule is O=C(O)C1(c2ccccc2)CCC(C(=O)O)(c2ccccc2)CC1. The van der Waals surface area contributed by atoms with E-state index in [1.807, 2.05) is 60.7 Å². The molecule has 0 bridgehead atoms. The Morgan fingerprint density at radius 2 is 0.917 bits per heavy atom. The number of hydrogen-bond acceptors (Lipinski definition) is 2. The lowest BCUT2D eigenvalue weighted by atomic mass is 9.59. The summed E-state index contributed by atoms with van der Waals surface area (Å²) in [4.78, 5) is 24.1. The van der Waals surface area contributed by atoms with Crippen molar-refractivity contribution in [2.24, 2.45) is 0 Å². The summed E-state index contributed by atoms with van der Waals surface area (Å²) in [5.41, 5.74) is -0.502. The Balaban J connectivity index is 1.98. The van der Waals surface area contributed by atoms with Gasteiger partial charge >= 0.3 is 11.9 Å². The molecule has 0 heterocycles. The van der Waals surface area contributed by atoms with Gasteiger partial charge in [0.1, 0.15) is 0 Å². The highest BCUT2D eigenvalue weighted by molar-refractivity contribution is 5.85. The predicted octanol–water partition coefficient (Wildman–Crippen LogP) is 3.61. The molecule has 1 saturated carbocycles. The molecule has 3 rings (SSSR count). The summed E-state index contributed by atoms with van der Waals surface area (Å²) < 4.78 is 0. The summed E-state index contributed by atoms with van der Waals surface area (Å²) in [7, 11) is 0. The van der Waals surface area contributed by atoms with E-state index in [0.29, 0.717) is 25.7 Å². The van der Waals surface area contributed by atoms with Gasteiger partial charge in [-0.3, -0.25) is 9.59 Å². The molecule has 0 spiro atoms. The van der Waals surface area contributed by atoms with E-state index in [1.165, 1.54) is 0 Å². The first-order valence-electron chi connectivity index (χ1n) is 8.09. The summed E-state index contributed by atoms with van der Waals surface area (Å²) in [5.74, 6) is -1.75. The van der Waals surface area contributed by atoms with E-state index in [0.717, 1.165) is 11.1 Å². The molecule has 0 aromatic heterocycles. The lowest BCUT2D eigenvalue weighted by Crippen LogP contribution is -2.48. The van der Waals surface area contributed by atoms with Gasteiger partial charge in [0, 0.05) is 0 Å². The van der Waals surface area contributed by atoms with Gasteiger partial charge in [-0.1, -0.05) is 60.7 Å². The van der Waals surface area contributed by atoms with Crippen molar-refractivity contribution in [3.63, 3.8) is 0 Å². The molecule has 4 heteroatoms. The van der Waals surface area contributed by atoms with Crippen LogP contribution in [-0.2, 0) is 20.4 Å². The molecule has 0 radical (unpaired) electrons. The molecule has 2 aromatic rings. The first kappa shape index (κ1) is 16.2. The molecule has 4 nitrogen and oxygen atoms in total. The van der Waals surface area contributed by atoms with E-state index < -0.39 is 22.8 Å². The Labute approximate surface area is 140 Å². The van der Waals surface area contributed by atoms with Crippen LogP contribution in [0.25, 0.3) is 0 Å². The number of aliphatic carboxylic acids is 2. The first-order valence-corrected chi connectivity index (χ1v) is 8.09. The summed E-state index contributed by atoms with van der Waals surface area (Å²) >= 11 is 0. The summed E-state index contributed by atoms with van der Waals surface area (Å²) in [6.07, 6.45) is 1.25. The zero-order valence-electron chi connectivity index (χ0n) is 13.3. The largest absolute Gasteiger partial charge is 0.481 e. The van der Waals surface area contributed by atoms with Crippen LogP contribution in [0.4, 0.5) is 0 Å². The standard InChI is InChI=1S/C20H20O4/c21-17(22)19(15-7-3-1-4-8-15)11-13-20(14-12-19,18(23)24)16-9-5-2-6-10-16/h1-10H,11-14H2,(H,21,22)(H,23,24). The van der Waals surface area contributed by atoms with Crippen molar-refractivity contribution in [2.45, 2.75) is 36.5 Å². The van der Waals surface area contributed by atoms with Crippen LogP contribution < -0.4 is 0 Å². The topological polar surface area (TPSA) is 74.6 Å². The second-order valence-corrected chi connectivity index (χ2v) is 6.51. The van der Waals surface area contributed by atoms with Crippen molar-refractivity contribution in [1.29, 1.82) is 0 Å². The minimum Gasteiger partial charge on any atom is -0.481 e. The summed E-state index contributed by atoms with van der Waals surface area (Å²) in [6, 6.07) is 18.3. The third-order valence-corrected chi connectivity index (χ3v) is 5.43. The highest BCUT2D eigenvalue weighted by Gasteiger charge is 2.52. The van der Waals surface area contributed by atoms with Gasteiger partial charge in [-0.05, 0) is 36.8 Å². The van der Waals surface area contributed by atoms with E-state index in [4.69, 9.17) is 0 Å². The Hall–Kier alpha value is -2.62. The molecule has 124 valence electrons. The highest BCUT2D eigenvalue weighted by Crippen LogP contribution is 2.48. The molecule has 0 amide bonds. The maximum absolute atomic E-state index is 12.0. The number of carboxylic acid groups (broad SMARTS) is 2. The van der Waals surface area contributed by atoms with Gasteiger partial charge in [0.2, 0.25) is 0 Å². The molecule has 0 saturated heterocycles. The van der Waals surface area contributed by atoms with Crippen LogP contribution in [0, 0.1) is 0 Å². The second kappa shape index (κ2) is 6.11. The fraction of sp³-hybridized carbons (Fsp3) is 0.300. The smallest absolute Gasteiger partial charge is 0.314 e. The van der Waals surface area contributed by atoms with Crippen LogP contribution in [0.1, 0.15) is 36.8 Å². The van der Waals surface area contributed by atoms with E-state index in [1.54, 1.807) is 0 Å². The Morgan fingerprint density at radius 3 is 1.17 bits per heavy atom. The fourth-order valence-electron chi connectivity index (χ4n) is 3.87. The van der Waals surface area contributed by atoms with Crippen LogP contribution in [0.2, 0.25) is 0 Å². The number of benzene rings is 2. The van der Waals surface area contributed by atoms with Gasteiger partial charge < -0.3 is 10.2 Å². The third-order valence-electron chi connectivity index (χ3n) is 5.43. The zero-order valence-corrected chi connectivity index (χ0v) is 13.3. The Kier molecular flexibility index (Phi) is 4.14. The monoisotopic (exact) mass is 324 g/mol. The quantitative estimate of drug-likeness (QED) is 0.901. The fourth-order valence-corrected chi connectivity index (χ4v) is 3.87. The number of carbonyl (C=O) groups is 2. The molecule has 1 aliphatic rings. The molecule has 2 N–H and O–H groups in total. The predicted molar refractivity (Wildman–Crippen MR) is 90.0 cm³/mol. The van der Waals surface area contributed by atoms with E-state index in [-0.39, 0.29) is 0 Å². The molecule has 0 unspecified atom stereocenters. The van der Waals surface area contributed by atoms with Gasteiger partial charge in [0.05, 0.1) is 10.8 Å². The minimum absolute atomic E-state index is 0.313. The lowest BCUT2D eigenvalue weighted by molar-refractivity contribution is -0.152. The lowest BCUT2D eigenvalue weighted by Gasteiger charge is -2.42. The number of rotatable bonds is 4. The molecule has 1 aliphatic carbocycles. The molecule has 2 aromatic carbocycles. The van der Waals surface area contributed by atoms with Crippen molar-refractivity contribution in [1.82, 2.24) is 0 Å². The van der Waals surface area contributed by atoms with Crippen LogP contribution in [-0.4, -0.2) is 22.2 Å². The van der Waals surface area contributed by atoms with Crippen LogP contribution in [0.3, 0.4) is 0 Å². The molecule has 0 atom stereocenters. The minimum atomic E-state index is -1.00. The van der Waals surface area contributed by atoms with Crippen LogP contribution in [0.5, 0.6) is 0 Å². The van der Waals surface area contributed by atoms with E-state index in [2.05, 4.69) is 0 Å². The van der Waals surface area contributed by atoms with Gasteiger partial charge in [-0.15, -0.1) is 0 Å². The Bertz CT molecular complexity index is 663.